The second kappa shape index (κ2) is 12.9. The third-order valence-electron chi connectivity index (χ3n) is 9.38. The summed E-state index contributed by atoms with van der Waals surface area (Å²) in [5, 5.41) is 9.29. The van der Waals surface area contributed by atoms with Crippen LogP contribution in [-0.2, 0) is 23.9 Å². The molecule has 2 unspecified atom stereocenters. The predicted octanol–water partition coefficient (Wildman–Crippen LogP) is 3.93. The molecule has 3 fully saturated rings. The molecular formula is C32H47N3O6. The third kappa shape index (κ3) is 5.27. The number of aliphatic hydroxyl groups is 1. The highest BCUT2D eigenvalue weighted by Crippen LogP contribution is 2.64. The van der Waals surface area contributed by atoms with Gasteiger partial charge in [0.15, 0.2) is 0 Å². The highest BCUT2D eigenvalue weighted by molar-refractivity contribution is 6.05. The maximum absolute atomic E-state index is 14.7. The fraction of sp³-hybridized carbons (Fsp3) is 0.656. The third-order valence-corrected chi connectivity index (χ3v) is 9.38. The van der Waals surface area contributed by atoms with E-state index in [4.69, 9.17) is 9.47 Å². The molecular weight excluding hydrogens is 522 g/mol. The topological polar surface area (TPSA) is 99.6 Å². The normalized spacial score (nSPS) is 28.1. The first-order chi connectivity index (χ1) is 19.8. The Morgan fingerprint density at radius 1 is 1.10 bits per heavy atom. The van der Waals surface area contributed by atoms with Gasteiger partial charge in [0, 0.05) is 44.2 Å². The Morgan fingerprint density at radius 2 is 1.78 bits per heavy atom. The van der Waals surface area contributed by atoms with Crippen molar-refractivity contribution in [2.75, 3.05) is 49.2 Å². The Labute approximate surface area is 244 Å². The fourth-order valence-electron chi connectivity index (χ4n) is 7.43. The van der Waals surface area contributed by atoms with Crippen LogP contribution in [0.25, 0.3) is 0 Å². The van der Waals surface area contributed by atoms with Crippen LogP contribution in [0.1, 0.15) is 66.2 Å². The minimum absolute atomic E-state index is 0.0759. The number of carbonyl (C=O) groups is 3. The molecule has 226 valence electrons. The Bertz CT molecular complexity index is 1110. The second-order valence-electron chi connectivity index (χ2n) is 11.3. The summed E-state index contributed by atoms with van der Waals surface area (Å²) in [5.41, 5.74) is -0.120. The van der Waals surface area contributed by atoms with E-state index in [-0.39, 0.29) is 31.6 Å². The zero-order chi connectivity index (χ0) is 29.8. The standard InChI is InChI=1S/C32H47N3O6/c1-6-20-34(24-16-14-23(15-17-24)33(8-3)9-4)29(38)27-32-19-18-31(7-2,41-32)26(30(39)40-10-5)25(32)28(37)35(27)21-12-11-13-22-36/h6,14-17,25-27,36H,1,7-13,18-22H2,2-5H3/t25-,26-,27?,31+,32?/m0/s1. The first kappa shape index (κ1) is 31.0. The second-order valence-corrected chi connectivity index (χ2v) is 11.3. The minimum Gasteiger partial charge on any atom is -0.466 e. The average molecular weight is 570 g/mol. The largest absolute Gasteiger partial charge is 0.466 e. The lowest BCUT2D eigenvalue weighted by Gasteiger charge is -2.37. The van der Waals surface area contributed by atoms with Crippen LogP contribution in [0.5, 0.6) is 0 Å². The van der Waals surface area contributed by atoms with Gasteiger partial charge in [0.2, 0.25) is 5.91 Å². The number of ether oxygens (including phenoxy) is 2. The lowest BCUT2D eigenvalue weighted by molar-refractivity contribution is -0.160. The van der Waals surface area contributed by atoms with Crippen molar-refractivity contribution in [1.82, 2.24) is 4.90 Å². The van der Waals surface area contributed by atoms with Crippen molar-refractivity contribution in [2.24, 2.45) is 11.8 Å². The molecule has 3 saturated heterocycles. The Hall–Kier alpha value is -2.91. The van der Waals surface area contributed by atoms with E-state index in [1.54, 1.807) is 22.8 Å². The van der Waals surface area contributed by atoms with Gasteiger partial charge in [-0.05, 0) is 83.6 Å². The molecule has 3 heterocycles. The summed E-state index contributed by atoms with van der Waals surface area (Å²) >= 11 is 0. The number of fused-ring (bicyclic) bond motifs is 1. The van der Waals surface area contributed by atoms with E-state index in [0.717, 1.165) is 30.9 Å². The molecule has 1 aromatic carbocycles. The zero-order valence-corrected chi connectivity index (χ0v) is 25.1. The van der Waals surface area contributed by atoms with Gasteiger partial charge in [-0.1, -0.05) is 13.0 Å². The first-order valence-corrected chi connectivity index (χ1v) is 15.3. The number of amides is 2. The fourth-order valence-corrected chi connectivity index (χ4v) is 7.43. The Morgan fingerprint density at radius 3 is 2.37 bits per heavy atom. The molecule has 0 aliphatic carbocycles. The number of unbranched alkanes of at least 4 members (excludes halogenated alkanes) is 2. The number of hydrogen-bond donors (Lipinski definition) is 1. The lowest BCUT2D eigenvalue weighted by Crippen LogP contribution is -2.56. The van der Waals surface area contributed by atoms with Crippen LogP contribution in [0, 0.1) is 11.8 Å². The van der Waals surface area contributed by atoms with E-state index < -0.39 is 35.0 Å². The van der Waals surface area contributed by atoms with Gasteiger partial charge in [0.1, 0.15) is 17.6 Å². The Kier molecular flexibility index (Phi) is 9.80. The van der Waals surface area contributed by atoms with E-state index >= 15 is 0 Å². The average Bonchev–Trinajstić information content (AvgIpc) is 3.58. The SMILES string of the molecule is C=CCN(C(=O)C1N(CCCCCO)C(=O)[C@@H]2[C@@H](C(=O)OCC)[C@@]3(CC)CCC12O3)c1ccc(N(CC)CC)cc1. The van der Waals surface area contributed by atoms with Crippen LogP contribution in [0.3, 0.4) is 0 Å². The van der Waals surface area contributed by atoms with Crippen LogP contribution in [0.4, 0.5) is 11.4 Å². The maximum atomic E-state index is 14.7. The van der Waals surface area contributed by atoms with Gasteiger partial charge in [-0.2, -0.15) is 0 Å². The van der Waals surface area contributed by atoms with E-state index in [2.05, 4.69) is 25.3 Å². The van der Waals surface area contributed by atoms with Gasteiger partial charge in [-0.15, -0.1) is 6.58 Å². The minimum atomic E-state index is -1.10. The number of benzene rings is 1. The molecule has 1 N–H and O–H groups in total. The number of rotatable bonds is 15. The van der Waals surface area contributed by atoms with Crippen molar-refractivity contribution < 1.29 is 29.0 Å². The molecule has 2 bridgehead atoms. The molecule has 4 rings (SSSR count). The van der Waals surface area contributed by atoms with Crippen LogP contribution in [-0.4, -0.2) is 84.4 Å². The summed E-state index contributed by atoms with van der Waals surface area (Å²) in [5.74, 6) is -2.37. The van der Waals surface area contributed by atoms with E-state index in [1.807, 2.05) is 31.2 Å². The summed E-state index contributed by atoms with van der Waals surface area (Å²) in [7, 11) is 0. The number of aliphatic hydroxyl groups excluding tert-OH is 1. The highest BCUT2D eigenvalue weighted by Gasteiger charge is 2.79. The summed E-state index contributed by atoms with van der Waals surface area (Å²) in [6, 6.07) is 7.03. The predicted molar refractivity (Wildman–Crippen MR) is 159 cm³/mol. The van der Waals surface area contributed by atoms with Crippen molar-refractivity contribution in [3.05, 3.63) is 36.9 Å². The van der Waals surface area contributed by atoms with Gasteiger partial charge >= 0.3 is 5.97 Å². The van der Waals surface area contributed by atoms with E-state index in [9.17, 15) is 19.5 Å². The van der Waals surface area contributed by atoms with Crippen molar-refractivity contribution in [3.8, 4) is 0 Å². The summed E-state index contributed by atoms with van der Waals surface area (Å²) < 4.78 is 12.3. The van der Waals surface area contributed by atoms with Crippen LogP contribution in [0.2, 0.25) is 0 Å². The number of anilines is 2. The van der Waals surface area contributed by atoms with Crippen molar-refractivity contribution >= 4 is 29.2 Å². The maximum Gasteiger partial charge on any atom is 0.312 e. The number of likely N-dealkylation sites (tertiary alicyclic amines) is 1. The molecule has 2 amide bonds. The first-order valence-electron chi connectivity index (χ1n) is 15.3. The molecule has 9 heteroatoms. The van der Waals surface area contributed by atoms with Gasteiger partial charge in [0.05, 0.1) is 18.1 Å². The van der Waals surface area contributed by atoms with Gasteiger partial charge in [-0.3, -0.25) is 14.4 Å². The van der Waals surface area contributed by atoms with Gasteiger partial charge in [-0.25, -0.2) is 0 Å². The van der Waals surface area contributed by atoms with Crippen molar-refractivity contribution in [1.29, 1.82) is 0 Å². The van der Waals surface area contributed by atoms with Gasteiger partial charge < -0.3 is 29.3 Å². The van der Waals surface area contributed by atoms with E-state index in [1.165, 1.54) is 0 Å². The van der Waals surface area contributed by atoms with Crippen LogP contribution >= 0.6 is 0 Å². The number of hydrogen-bond acceptors (Lipinski definition) is 7. The molecule has 1 spiro atoms. The smallest absolute Gasteiger partial charge is 0.312 e. The summed E-state index contributed by atoms with van der Waals surface area (Å²) in [6.45, 7) is 14.5. The Balaban J connectivity index is 1.75. The number of nitrogens with zero attached hydrogens (tertiary/aromatic N) is 3. The molecule has 9 nitrogen and oxygen atoms in total. The highest BCUT2D eigenvalue weighted by atomic mass is 16.6. The summed E-state index contributed by atoms with van der Waals surface area (Å²) in [4.78, 5) is 47.8. The zero-order valence-electron chi connectivity index (χ0n) is 25.1. The summed E-state index contributed by atoms with van der Waals surface area (Å²) in [6.07, 6.45) is 5.36. The quantitative estimate of drug-likeness (QED) is 0.194. The lowest BCUT2D eigenvalue weighted by atomic mass is 9.65. The number of esters is 1. The van der Waals surface area contributed by atoms with Crippen LogP contribution in [0.15, 0.2) is 36.9 Å². The molecule has 0 saturated carbocycles. The van der Waals surface area contributed by atoms with Crippen molar-refractivity contribution in [3.63, 3.8) is 0 Å². The molecule has 5 atom stereocenters. The molecule has 3 aliphatic heterocycles. The molecule has 1 aromatic rings. The van der Waals surface area contributed by atoms with Crippen molar-refractivity contribution in [2.45, 2.75) is 83.5 Å². The monoisotopic (exact) mass is 569 g/mol. The van der Waals surface area contributed by atoms with E-state index in [0.29, 0.717) is 38.6 Å². The molecule has 0 radical (unpaired) electrons. The molecule has 41 heavy (non-hydrogen) atoms. The van der Waals surface area contributed by atoms with Crippen LogP contribution < -0.4 is 9.80 Å². The number of carbonyl (C=O) groups excluding carboxylic acids is 3. The van der Waals surface area contributed by atoms with Gasteiger partial charge in [0.25, 0.3) is 5.91 Å². The molecule has 0 aromatic heterocycles. The molecule has 3 aliphatic rings.